The van der Waals surface area contributed by atoms with Crippen LogP contribution in [0.4, 0.5) is 11.4 Å². The van der Waals surface area contributed by atoms with Crippen LogP contribution in [0.2, 0.25) is 5.02 Å². The van der Waals surface area contributed by atoms with Gasteiger partial charge in [0.1, 0.15) is 5.41 Å². The number of rotatable bonds is 6. The maximum absolute atomic E-state index is 13.9. The van der Waals surface area contributed by atoms with Gasteiger partial charge >= 0.3 is 0 Å². The molecule has 1 saturated heterocycles. The van der Waals surface area contributed by atoms with Crippen molar-refractivity contribution in [2.24, 2.45) is 0 Å². The largest absolute Gasteiger partial charge is 0.368 e. The number of para-hydroxylation sites is 2. The molecule has 1 atom stereocenters. The van der Waals surface area contributed by atoms with Gasteiger partial charge in [0.15, 0.2) is 0 Å². The lowest BCUT2D eigenvalue weighted by atomic mass is 9.72. The molecule has 5 rings (SSSR count). The number of benzene rings is 3. The maximum Gasteiger partial charge on any atom is 0.242 e. The Kier molecular flexibility index (Phi) is 6.13. The molecular formula is C28H30ClN3O. The molecule has 2 aliphatic heterocycles. The zero-order valence-corrected chi connectivity index (χ0v) is 19.8. The Morgan fingerprint density at radius 2 is 1.45 bits per heavy atom. The van der Waals surface area contributed by atoms with Crippen molar-refractivity contribution in [1.29, 1.82) is 0 Å². The van der Waals surface area contributed by atoms with Crippen molar-refractivity contribution >= 4 is 28.9 Å². The summed E-state index contributed by atoms with van der Waals surface area (Å²) in [6.45, 7) is 7.42. The zero-order chi connectivity index (χ0) is 22.8. The first-order valence-corrected chi connectivity index (χ1v) is 12.2. The van der Waals surface area contributed by atoms with Crippen molar-refractivity contribution in [2.45, 2.75) is 18.8 Å². The van der Waals surface area contributed by atoms with Crippen LogP contribution in [0.25, 0.3) is 0 Å². The lowest BCUT2D eigenvalue weighted by Gasteiger charge is -2.38. The van der Waals surface area contributed by atoms with Gasteiger partial charge in [-0.15, -0.1) is 0 Å². The van der Waals surface area contributed by atoms with Gasteiger partial charge in [0.25, 0.3) is 0 Å². The number of hydrogen-bond donors (Lipinski definition) is 0. The number of nitrogens with zero attached hydrogens (tertiary/aromatic N) is 3. The fourth-order valence-corrected chi connectivity index (χ4v) is 5.73. The fourth-order valence-electron chi connectivity index (χ4n) is 5.47. The topological polar surface area (TPSA) is 26.8 Å². The molecule has 4 nitrogen and oxygen atoms in total. The summed E-state index contributed by atoms with van der Waals surface area (Å²) >= 11 is 6.42. The van der Waals surface area contributed by atoms with Crippen molar-refractivity contribution in [2.75, 3.05) is 49.1 Å². The molecule has 0 aliphatic carbocycles. The summed E-state index contributed by atoms with van der Waals surface area (Å²) < 4.78 is 0. The minimum absolute atomic E-state index is 0.201. The maximum atomic E-state index is 13.9. The summed E-state index contributed by atoms with van der Waals surface area (Å²) in [5.74, 6) is 0.201. The number of amides is 1. The molecule has 0 aromatic heterocycles. The van der Waals surface area contributed by atoms with Crippen molar-refractivity contribution in [3.05, 3.63) is 95.0 Å². The van der Waals surface area contributed by atoms with Crippen molar-refractivity contribution in [1.82, 2.24) is 4.90 Å². The second-order valence-corrected chi connectivity index (χ2v) is 9.28. The Morgan fingerprint density at radius 3 is 2.15 bits per heavy atom. The Hall–Kier alpha value is -2.82. The van der Waals surface area contributed by atoms with Crippen LogP contribution in [0.1, 0.15) is 24.5 Å². The van der Waals surface area contributed by atoms with Crippen molar-refractivity contribution in [3.8, 4) is 0 Å². The van der Waals surface area contributed by atoms with Crippen LogP contribution in [0, 0.1) is 0 Å². The van der Waals surface area contributed by atoms with Gasteiger partial charge in [-0.25, -0.2) is 0 Å². The van der Waals surface area contributed by atoms with Crippen LogP contribution in [0.15, 0.2) is 78.9 Å². The molecule has 170 valence electrons. The third-order valence-electron chi connectivity index (χ3n) is 7.22. The van der Waals surface area contributed by atoms with E-state index in [1.54, 1.807) is 0 Å². The number of fused-ring (bicyclic) bond motifs is 1. The third-order valence-corrected chi connectivity index (χ3v) is 7.54. The van der Waals surface area contributed by atoms with Crippen LogP contribution in [0.5, 0.6) is 0 Å². The van der Waals surface area contributed by atoms with Crippen LogP contribution < -0.4 is 9.80 Å². The molecule has 0 spiro atoms. The number of carbonyl (C=O) groups is 1. The van der Waals surface area contributed by atoms with Gasteiger partial charge in [-0.05, 0) is 49.2 Å². The van der Waals surface area contributed by atoms with Gasteiger partial charge in [-0.2, -0.15) is 0 Å². The summed E-state index contributed by atoms with van der Waals surface area (Å²) in [5, 5.41) is 0.807. The Morgan fingerprint density at radius 1 is 0.818 bits per heavy atom. The zero-order valence-electron chi connectivity index (χ0n) is 19.1. The number of anilines is 2. The minimum Gasteiger partial charge on any atom is -0.368 e. The normalized spacial score (nSPS) is 20.8. The Balaban J connectivity index is 1.39. The van der Waals surface area contributed by atoms with Gasteiger partial charge in [-0.3, -0.25) is 9.69 Å². The molecule has 5 heteroatoms. The van der Waals surface area contributed by atoms with E-state index in [4.69, 9.17) is 11.6 Å². The Bertz CT molecular complexity index is 1130. The van der Waals surface area contributed by atoms with Crippen LogP contribution in [-0.4, -0.2) is 50.1 Å². The highest BCUT2D eigenvalue weighted by atomic mass is 35.5. The Labute approximate surface area is 201 Å². The average Bonchev–Trinajstić information content (AvgIpc) is 3.11. The molecule has 0 bridgehead atoms. The molecule has 2 aliphatic rings. The van der Waals surface area contributed by atoms with Crippen LogP contribution in [-0.2, 0) is 10.2 Å². The van der Waals surface area contributed by atoms with Gasteiger partial charge < -0.3 is 9.80 Å². The van der Waals surface area contributed by atoms with Crippen molar-refractivity contribution in [3.63, 3.8) is 0 Å². The standard InChI is InChI=1S/C28H30ClN3O/c1-2-32-25-14-8-6-12-23(25)28(27(32)33,22-10-4-3-5-11-22)16-17-30-18-20-31(21-19-30)26-15-9-7-13-24(26)29/h3-15H,2,16-21H2,1H3. The molecule has 3 aromatic rings. The molecule has 0 radical (unpaired) electrons. The van der Waals surface area contributed by atoms with Crippen LogP contribution in [0.3, 0.4) is 0 Å². The molecule has 1 amide bonds. The summed E-state index contributed by atoms with van der Waals surface area (Å²) in [5.41, 5.74) is 3.76. The van der Waals surface area contributed by atoms with E-state index in [1.807, 2.05) is 47.4 Å². The number of halogens is 1. The highest BCUT2D eigenvalue weighted by Gasteiger charge is 2.51. The lowest BCUT2D eigenvalue weighted by Crippen LogP contribution is -2.49. The van der Waals surface area contributed by atoms with E-state index in [9.17, 15) is 4.79 Å². The van der Waals surface area contributed by atoms with E-state index in [0.29, 0.717) is 6.54 Å². The molecule has 2 heterocycles. The summed E-state index contributed by atoms with van der Waals surface area (Å²) in [6.07, 6.45) is 0.773. The summed E-state index contributed by atoms with van der Waals surface area (Å²) in [6, 6.07) is 26.7. The highest BCUT2D eigenvalue weighted by Crippen LogP contribution is 2.48. The lowest BCUT2D eigenvalue weighted by molar-refractivity contribution is -0.122. The molecule has 0 saturated carbocycles. The van der Waals surface area contributed by atoms with E-state index in [2.05, 4.69) is 53.1 Å². The predicted molar refractivity (Wildman–Crippen MR) is 136 cm³/mol. The number of carbonyl (C=O) groups excluding carboxylic acids is 1. The van der Waals surface area contributed by atoms with Gasteiger partial charge in [0.05, 0.1) is 10.7 Å². The third kappa shape index (κ3) is 3.81. The first-order valence-electron chi connectivity index (χ1n) is 11.8. The van der Waals surface area contributed by atoms with E-state index >= 15 is 0 Å². The summed E-state index contributed by atoms with van der Waals surface area (Å²) in [4.78, 5) is 20.8. The molecule has 1 fully saturated rings. The van der Waals surface area contributed by atoms with E-state index < -0.39 is 5.41 Å². The summed E-state index contributed by atoms with van der Waals surface area (Å²) in [7, 11) is 0. The molecule has 1 unspecified atom stereocenters. The van der Waals surface area contributed by atoms with Crippen molar-refractivity contribution < 1.29 is 4.79 Å². The smallest absolute Gasteiger partial charge is 0.242 e. The van der Waals surface area contributed by atoms with Gasteiger partial charge in [0, 0.05) is 38.4 Å². The monoisotopic (exact) mass is 459 g/mol. The number of piperazine rings is 1. The SMILES string of the molecule is CCN1C(=O)C(CCN2CCN(c3ccccc3Cl)CC2)(c2ccccc2)c2ccccc21. The number of hydrogen-bond acceptors (Lipinski definition) is 3. The van der Waals surface area contributed by atoms with E-state index in [1.165, 1.54) is 0 Å². The molecule has 0 N–H and O–H groups in total. The minimum atomic E-state index is -0.631. The van der Waals surface area contributed by atoms with E-state index in [0.717, 1.165) is 66.7 Å². The molecule has 33 heavy (non-hydrogen) atoms. The number of likely N-dealkylation sites (N-methyl/N-ethyl adjacent to an activating group) is 1. The van der Waals surface area contributed by atoms with Gasteiger partial charge in [0.2, 0.25) is 5.91 Å². The fraction of sp³-hybridized carbons (Fsp3) is 0.321. The first-order chi connectivity index (χ1) is 16.1. The predicted octanol–water partition coefficient (Wildman–Crippen LogP) is 5.20. The van der Waals surface area contributed by atoms with Crippen LogP contribution >= 0.6 is 11.6 Å². The quantitative estimate of drug-likeness (QED) is 0.506. The van der Waals surface area contributed by atoms with Gasteiger partial charge in [-0.1, -0.05) is 72.3 Å². The second kappa shape index (κ2) is 9.20. The molecule has 3 aromatic carbocycles. The highest BCUT2D eigenvalue weighted by molar-refractivity contribution is 6.33. The molecular weight excluding hydrogens is 430 g/mol. The average molecular weight is 460 g/mol. The second-order valence-electron chi connectivity index (χ2n) is 8.87. The van der Waals surface area contributed by atoms with E-state index in [-0.39, 0.29) is 5.91 Å². The first kappa shape index (κ1) is 22.0.